The van der Waals surface area contributed by atoms with Gasteiger partial charge in [0.05, 0.1) is 0 Å². The van der Waals surface area contributed by atoms with Crippen LogP contribution in [0.3, 0.4) is 0 Å². The summed E-state index contributed by atoms with van der Waals surface area (Å²) in [5.74, 6) is -0.168. The Morgan fingerprint density at radius 2 is 1.77 bits per heavy atom. The third kappa shape index (κ3) is 4.83. The molecule has 0 radical (unpaired) electrons. The Balaban J connectivity index is 1.25. The smallest absolute Gasteiger partial charge is 0.410 e. The van der Waals surface area contributed by atoms with Gasteiger partial charge in [0.25, 0.3) is 5.91 Å². The van der Waals surface area contributed by atoms with E-state index in [2.05, 4.69) is 20.7 Å². The fourth-order valence-electron chi connectivity index (χ4n) is 3.39. The van der Waals surface area contributed by atoms with Crippen LogP contribution in [0.25, 0.3) is 11.0 Å². The van der Waals surface area contributed by atoms with Crippen LogP contribution in [-0.2, 0) is 11.3 Å². The van der Waals surface area contributed by atoms with Crippen LogP contribution in [-0.4, -0.2) is 51.4 Å². The van der Waals surface area contributed by atoms with E-state index < -0.39 is 6.09 Å². The minimum atomic E-state index is -0.396. The molecule has 0 atom stereocenters. The quantitative estimate of drug-likeness (QED) is 0.633. The van der Waals surface area contributed by atoms with Crippen LogP contribution >= 0.6 is 23.2 Å². The van der Waals surface area contributed by atoms with Crippen LogP contribution in [0, 0.1) is 0 Å². The number of carbonyl (C=O) groups is 2. The molecule has 4 rings (SSSR count). The van der Waals surface area contributed by atoms with E-state index in [0.29, 0.717) is 52.6 Å². The molecule has 0 unspecified atom stereocenters. The first-order valence-corrected chi connectivity index (χ1v) is 10.2. The number of piperidine rings is 1. The molecular weight excluding hydrogens is 429 g/mol. The Bertz CT molecular complexity index is 1060. The lowest BCUT2D eigenvalue weighted by atomic mass is 10.0. The minimum Gasteiger partial charge on any atom is -0.445 e. The van der Waals surface area contributed by atoms with Gasteiger partial charge in [-0.05, 0) is 54.8 Å². The van der Waals surface area contributed by atoms with Crippen LogP contribution in [0.5, 0.6) is 0 Å². The number of fused-ring (bicyclic) bond motifs is 1. The van der Waals surface area contributed by atoms with E-state index in [4.69, 9.17) is 27.9 Å². The van der Waals surface area contributed by atoms with Gasteiger partial charge in [0.15, 0.2) is 0 Å². The topological polar surface area (TPSA) is 100 Å². The molecule has 1 aromatic heterocycles. The molecule has 2 heterocycles. The maximum absolute atomic E-state index is 12.5. The molecule has 2 N–H and O–H groups in total. The lowest BCUT2D eigenvalue weighted by Crippen LogP contribution is -2.46. The number of nitrogens with zero attached hydrogens (tertiary/aromatic N) is 3. The van der Waals surface area contributed by atoms with E-state index in [1.54, 1.807) is 41.3 Å². The van der Waals surface area contributed by atoms with Gasteiger partial charge < -0.3 is 15.0 Å². The highest BCUT2D eigenvalue weighted by molar-refractivity contribution is 6.34. The predicted molar refractivity (Wildman–Crippen MR) is 113 cm³/mol. The second-order valence-corrected chi connectivity index (χ2v) is 7.97. The summed E-state index contributed by atoms with van der Waals surface area (Å²) in [6.45, 7) is 1.10. The molecule has 2 amide bonds. The van der Waals surface area contributed by atoms with Gasteiger partial charge in [-0.1, -0.05) is 23.2 Å². The number of H-pyrrole nitrogens is 1. The Hall–Kier alpha value is -2.84. The first kappa shape index (κ1) is 20.4. The van der Waals surface area contributed by atoms with Gasteiger partial charge in [0, 0.05) is 34.7 Å². The van der Waals surface area contributed by atoms with E-state index in [1.165, 1.54) is 0 Å². The molecule has 0 saturated carbocycles. The molecule has 2 aromatic carbocycles. The van der Waals surface area contributed by atoms with Gasteiger partial charge >= 0.3 is 6.09 Å². The summed E-state index contributed by atoms with van der Waals surface area (Å²) < 4.78 is 5.36. The van der Waals surface area contributed by atoms with Crippen molar-refractivity contribution in [2.24, 2.45) is 0 Å². The summed E-state index contributed by atoms with van der Waals surface area (Å²) in [6, 6.07) is 10.2. The molecule has 8 nitrogen and oxygen atoms in total. The zero-order chi connectivity index (χ0) is 21.1. The first-order valence-electron chi connectivity index (χ1n) is 9.46. The molecule has 1 aliphatic heterocycles. The molecule has 1 aliphatic rings. The molecule has 0 spiro atoms. The zero-order valence-corrected chi connectivity index (χ0v) is 17.4. The van der Waals surface area contributed by atoms with Gasteiger partial charge in [0.1, 0.15) is 17.6 Å². The number of hydrogen-bond donors (Lipinski definition) is 2. The molecule has 10 heteroatoms. The zero-order valence-electron chi connectivity index (χ0n) is 15.9. The number of halogens is 2. The summed E-state index contributed by atoms with van der Waals surface area (Å²) >= 11 is 11.9. The summed E-state index contributed by atoms with van der Waals surface area (Å²) in [6.07, 6.45) is 0.902. The highest BCUT2D eigenvalue weighted by Gasteiger charge is 2.25. The Morgan fingerprint density at radius 3 is 2.50 bits per heavy atom. The lowest BCUT2D eigenvalue weighted by Gasteiger charge is -2.31. The average Bonchev–Trinajstić information content (AvgIpc) is 3.20. The highest BCUT2D eigenvalue weighted by atomic mass is 35.5. The van der Waals surface area contributed by atoms with Gasteiger partial charge in [-0.25, -0.2) is 4.79 Å². The Morgan fingerprint density at radius 1 is 1.07 bits per heavy atom. The molecule has 0 aliphatic carbocycles. The van der Waals surface area contributed by atoms with Crippen molar-refractivity contribution in [3.63, 3.8) is 0 Å². The summed E-state index contributed by atoms with van der Waals surface area (Å²) in [4.78, 5) is 26.5. The van der Waals surface area contributed by atoms with E-state index in [9.17, 15) is 9.59 Å². The SMILES string of the molecule is O=C(NC1CCN(C(=O)OCc2cc(Cl)cc(Cl)c2)CC1)c1ccc2n[nH]nc2c1. The Labute approximate surface area is 182 Å². The van der Waals surface area contributed by atoms with Crippen LogP contribution in [0.4, 0.5) is 4.79 Å². The normalized spacial score (nSPS) is 14.7. The average molecular weight is 448 g/mol. The maximum Gasteiger partial charge on any atom is 0.410 e. The Kier molecular flexibility index (Phi) is 6.06. The van der Waals surface area contributed by atoms with Crippen LogP contribution in [0.15, 0.2) is 36.4 Å². The third-order valence-electron chi connectivity index (χ3n) is 4.95. The van der Waals surface area contributed by atoms with Crippen molar-refractivity contribution in [2.45, 2.75) is 25.5 Å². The summed E-state index contributed by atoms with van der Waals surface area (Å²) in [7, 11) is 0. The summed E-state index contributed by atoms with van der Waals surface area (Å²) in [5.41, 5.74) is 2.60. The van der Waals surface area contributed by atoms with E-state index in [1.807, 2.05) is 0 Å². The van der Waals surface area contributed by atoms with Crippen molar-refractivity contribution >= 4 is 46.2 Å². The van der Waals surface area contributed by atoms with Gasteiger partial charge in [-0.3, -0.25) is 4.79 Å². The van der Waals surface area contributed by atoms with E-state index >= 15 is 0 Å². The lowest BCUT2D eigenvalue weighted by molar-refractivity contribution is 0.0809. The fraction of sp³-hybridized carbons (Fsp3) is 0.300. The fourth-order valence-corrected chi connectivity index (χ4v) is 3.96. The molecular formula is C20H19Cl2N5O3. The van der Waals surface area contributed by atoms with Crippen LogP contribution in [0.2, 0.25) is 10.0 Å². The molecule has 30 heavy (non-hydrogen) atoms. The second-order valence-electron chi connectivity index (χ2n) is 7.09. The molecule has 1 fully saturated rings. The molecule has 3 aromatic rings. The molecule has 0 bridgehead atoms. The van der Waals surface area contributed by atoms with Crippen LogP contribution < -0.4 is 5.32 Å². The first-order chi connectivity index (χ1) is 14.5. The predicted octanol–water partition coefficient (Wildman–Crippen LogP) is 3.80. The van der Waals surface area contributed by atoms with E-state index in [0.717, 1.165) is 5.56 Å². The van der Waals surface area contributed by atoms with Crippen molar-refractivity contribution in [1.29, 1.82) is 0 Å². The number of aromatic nitrogens is 3. The number of benzene rings is 2. The van der Waals surface area contributed by atoms with Gasteiger partial charge in [-0.2, -0.15) is 15.4 Å². The van der Waals surface area contributed by atoms with Crippen molar-refractivity contribution in [3.05, 3.63) is 57.6 Å². The van der Waals surface area contributed by atoms with Gasteiger partial charge in [-0.15, -0.1) is 0 Å². The van der Waals surface area contributed by atoms with Crippen molar-refractivity contribution in [2.75, 3.05) is 13.1 Å². The number of carbonyl (C=O) groups excluding carboxylic acids is 2. The number of aromatic amines is 1. The summed E-state index contributed by atoms with van der Waals surface area (Å²) in [5, 5.41) is 14.5. The molecule has 156 valence electrons. The van der Waals surface area contributed by atoms with E-state index in [-0.39, 0.29) is 18.6 Å². The largest absolute Gasteiger partial charge is 0.445 e. The monoisotopic (exact) mass is 447 g/mol. The number of amides is 2. The van der Waals surface area contributed by atoms with Crippen molar-refractivity contribution in [1.82, 2.24) is 25.6 Å². The number of ether oxygens (including phenoxy) is 1. The van der Waals surface area contributed by atoms with Crippen molar-refractivity contribution < 1.29 is 14.3 Å². The number of likely N-dealkylation sites (tertiary alicyclic amines) is 1. The third-order valence-corrected chi connectivity index (χ3v) is 5.39. The van der Waals surface area contributed by atoms with Crippen molar-refractivity contribution in [3.8, 4) is 0 Å². The second kappa shape index (κ2) is 8.89. The highest BCUT2D eigenvalue weighted by Crippen LogP contribution is 2.20. The standard InChI is InChI=1S/C20H19Cl2N5O3/c21-14-7-12(8-15(22)10-14)11-30-20(29)27-5-3-16(4-6-27)23-19(28)13-1-2-17-18(9-13)25-26-24-17/h1-2,7-10,16H,3-6,11H2,(H,23,28)(H,24,25,26). The molecule has 1 saturated heterocycles. The van der Waals surface area contributed by atoms with Gasteiger partial charge in [0.2, 0.25) is 0 Å². The maximum atomic E-state index is 12.5. The number of hydrogen-bond acceptors (Lipinski definition) is 5. The number of rotatable bonds is 4. The van der Waals surface area contributed by atoms with Crippen LogP contribution in [0.1, 0.15) is 28.8 Å². The number of nitrogens with one attached hydrogen (secondary N) is 2. The minimum absolute atomic E-state index is 0.0127.